The molecule has 0 amide bonds. The van der Waals surface area contributed by atoms with Gasteiger partial charge in [-0.2, -0.15) is 0 Å². The molecule has 70 valence electrons. The average Bonchev–Trinajstić information content (AvgIpc) is 2.00. The van der Waals surface area contributed by atoms with Crippen molar-refractivity contribution in [3.05, 3.63) is 12.2 Å². The topological polar surface area (TPSA) is 17.1 Å². The van der Waals surface area contributed by atoms with E-state index in [4.69, 9.17) is 0 Å². The van der Waals surface area contributed by atoms with Crippen LogP contribution in [0.5, 0.6) is 0 Å². The summed E-state index contributed by atoms with van der Waals surface area (Å²) in [6.45, 7) is 11.8. The molecule has 0 atom stereocenters. The third-order valence-corrected chi connectivity index (χ3v) is 2.42. The Labute approximate surface area is 75.9 Å². The van der Waals surface area contributed by atoms with E-state index < -0.39 is 0 Å². The molecule has 0 bridgehead atoms. The maximum atomic E-state index is 11.6. The summed E-state index contributed by atoms with van der Waals surface area (Å²) in [6, 6.07) is 0. The van der Waals surface area contributed by atoms with Crippen molar-refractivity contribution in [3.8, 4) is 0 Å². The standard InChI is InChI=1S/C11H20O/c1-6-11(4,5)10(12)8-7-9(2)3/h2,6-8H2,1,3-5H3. The molecule has 0 spiro atoms. The minimum atomic E-state index is -0.143. The van der Waals surface area contributed by atoms with Crippen molar-refractivity contribution in [1.82, 2.24) is 0 Å². The SMILES string of the molecule is C=C(C)CCC(=O)C(C)(C)CC. The number of rotatable bonds is 5. The number of carbonyl (C=O) groups excluding carboxylic acids is 1. The van der Waals surface area contributed by atoms with Gasteiger partial charge in [-0.15, -0.1) is 6.58 Å². The molecule has 1 nitrogen and oxygen atoms in total. The van der Waals surface area contributed by atoms with E-state index in [1.165, 1.54) is 0 Å². The van der Waals surface area contributed by atoms with Gasteiger partial charge in [0.15, 0.2) is 0 Å². The third-order valence-electron chi connectivity index (χ3n) is 2.42. The Morgan fingerprint density at radius 2 is 1.83 bits per heavy atom. The largest absolute Gasteiger partial charge is 0.299 e. The summed E-state index contributed by atoms with van der Waals surface area (Å²) in [6.07, 6.45) is 2.40. The van der Waals surface area contributed by atoms with Crippen LogP contribution >= 0.6 is 0 Å². The first-order valence-electron chi connectivity index (χ1n) is 4.58. The predicted molar refractivity (Wildman–Crippen MR) is 53.1 cm³/mol. The molecule has 0 saturated carbocycles. The van der Waals surface area contributed by atoms with Gasteiger partial charge in [0.2, 0.25) is 0 Å². The lowest BCUT2D eigenvalue weighted by molar-refractivity contribution is -0.127. The Bertz CT molecular complexity index is 177. The molecule has 0 aliphatic carbocycles. The molecule has 0 N–H and O–H groups in total. The lowest BCUT2D eigenvalue weighted by Gasteiger charge is -2.20. The normalized spacial score (nSPS) is 11.3. The number of Topliss-reactive ketones (excluding diaryl/α,β-unsaturated/α-hetero) is 1. The van der Waals surface area contributed by atoms with Crippen LogP contribution in [0.2, 0.25) is 0 Å². The second-order valence-corrected chi connectivity index (χ2v) is 4.12. The van der Waals surface area contributed by atoms with Crippen molar-refractivity contribution < 1.29 is 4.79 Å². The summed E-state index contributed by atoms with van der Waals surface area (Å²) in [5.41, 5.74) is 0.949. The maximum Gasteiger partial charge on any atom is 0.138 e. The zero-order valence-electron chi connectivity index (χ0n) is 8.74. The van der Waals surface area contributed by atoms with Gasteiger partial charge in [-0.05, 0) is 19.8 Å². The number of hydrogen-bond donors (Lipinski definition) is 0. The third kappa shape index (κ3) is 3.70. The van der Waals surface area contributed by atoms with Gasteiger partial charge in [-0.25, -0.2) is 0 Å². The van der Waals surface area contributed by atoms with Gasteiger partial charge >= 0.3 is 0 Å². The molecule has 0 saturated heterocycles. The molecule has 1 heteroatoms. The molecule has 0 unspecified atom stereocenters. The van der Waals surface area contributed by atoms with Crippen molar-refractivity contribution in [1.29, 1.82) is 0 Å². The van der Waals surface area contributed by atoms with E-state index in [0.29, 0.717) is 12.2 Å². The molecule has 0 aromatic rings. The summed E-state index contributed by atoms with van der Waals surface area (Å²) in [5, 5.41) is 0. The second kappa shape index (κ2) is 4.44. The van der Waals surface area contributed by atoms with Gasteiger partial charge in [0.25, 0.3) is 0 Å². The van der Waals surface area contributed by atoms with Crippen molar-refractivity contribution in [2.75, 3.05) is 0 Å². The van der Waals surface area contributed by atoms with Gasteiger partial charge in [0.05, 0.1) is 0 Å². The number of allylic oxidation sites excluding steroid dienone is 1. The molecule has 0 aliphatic heterocycles. The fraction of sp³-hybridized carbons (Fsp3) is 0.727. The fourth-order valence-electron chi connectivity index (χ4n) is 0.862. The van der Waals surface area contributed by atoms with E-state index in [9.17, 15) is 4.79 Å². The zero-order valence-corrected chi connectivity index (χ0v) is 8.74. The van der Waals surface area contributed by atoms with Gasteiger partial charge in [-0.1, -0.05) is 26.3 Å². The summed E-state index contributed by atoms with van der Waals surface area (Å²) in [7, 11) is 0. The fourth-order valence-corrected chi connectivity index (χ4v) is 0.862. The van der Waals surface area contributed by atoms with Crippen LogP contribution in [0.1, 0.15) is 47.0 Å². The molecule has 0 fully saturated rings. The highest BCUT2D eigenvalue weighted by atomic mass is 16.1. The summed E-state index contributed by atoms with van der Waals surface area (Å²) in [5.74, 6) is 0.355. The molecule has 0 radical (unpaired) electrons. The Kier molecular flexibility index (Phi) is 4.22. The van der Waals surface area contributed by atoms with Crippen LogP contribution in [-0.4, -0.2) is 5.78 Å². The van der Waals surface area contributed by atoms with Crippen LogP contribution in [0.25, 0.3) is 0 Å². The van der Waals surface area contributed by atoms with Gasteiger partial charge in [-0.3, -0.25) is 4.79 Å². The molecule has 0 rings (SSSR count). The minimum absolute atomic E-state index is 0.143. The monoisotopic (exact) mass is 168 g/mol. The first-order chi connectivity index (χ1) is 5.40. The Balaban J connectivity index is 3.96. The Morgan fingerprint density at radius 1 is 1.33 bits per heavy atom. The van der Waals surface area contributed by atoms with Gasteiger partial charge in [0, 0.05) is 11.8 Å². The van der Waals surface area contributed by atoms with Crippen LogP contribution in [0, 0.1) is 5.41 Å². The van der Waals surface area contributed by atoms with Crippen molar-refractivity contribution in [2.45, 2.75) is 47.0 Å². The van der Waals surface area contributed by atoms with E-state index in [1.807, 2.05) is 20.8 Å². The Morgan fingerprint density at radius 3 is 2.17 bits per heavy atom. The van der Waals surface area contributed by atoms with Crippen molar-refractivity contribution in [3.63, 3.8) is 0 Å². The Hall–Kier alpha value is -0.590. The minimum Gasteiger partial charge on any atom is -0.299 e. The molecule has 12 heavy (non-hydrogen) atoms. The van der Waals surface area contributed by atoms with E-state index in [0.717, 1.165) is 18.4 Å². The van der Waals surface area contributed by atoms with Crippen molar-refractivity contribution >= 4 is 5.78 Å². The summed E-state index contributed by atoms with van der Waals surface area (Å²) in [4.78, 5) is 11.6. The lowest BCUT2D eigenvalue weighted by atomic mass is 9.83. The first kappa shape index (κ1) is 11.4. The van der Waals surface area contributed by atoms with E-state index in [-0.39, 0.29) is 5.41 Å². The molecular formula is C11H20O. The lowest BCUT2D eigenvalue weighted by Crippen LogP contribution is -2.22. The van der Waals surface area contributed by atoms with Crippen LogP contribution in [0.15, 0.2) is 12.2 Å². The summed E-state index contributed by atoms with van der Waals surface area (Å²) >= 11 is 0. The van der Waals surface area contributed by atoms with E-state index >= 15 is 0 Å². The molecule has 0 aliphatic rings. The van der Waals surface area contributed by atoms with Crippen LogP contribution in [-0.2, 0) is 4.79 Å². The van der Waals surface area contributed by atoms with Crippen LogP contribution in [0.4, 0.5) is 0 Å². The molecule has 0 heterocycles. The molecule has 0 aromatic carbocycles. The smallest absolute Gasteiger partial charge is 0.138 e. The second-order valence-electron chi connectivity index (χ2n) is 4.12. The number of carbonyl (C=O) groups is 1. The van der Waals surface area contributed by atoms with Gasteiger partial charge in [0.1, 0.15) is 5.78 Å². The average molecular weight is 168 g/mol. The highest BCUT2D eigenvalue weighted by molar-refractivity contribution is 5.84. The van der Waals surface area contributed by atoms with Crippen LogP contribution in [0.3, 0.4) is 0 Å². The number of hydrogen-bond acceptors (Lipinski definition) is 1. The van der Waals surface area contributed by atoms with E-state index in [2.05, 4.69) is 13.5 Å². The maximum absolute atomic E-state index is 11.6. The number of ketones is 1. The molecular weight excluding hydrogens is 148 g/mol. The van der Waals surface area contributed by atoms with E-state index in [1.54, 1.807) is 0 Å². The van der Waals surface area contributed by atoms with Crippen molar-refractivity contribution in [2.24, 2.45) is 5.41 Å². The highest BCUT2D eigenvalue weighted by Gasteiger charge is 2.23. The first-order valence-corrected chi connectivity index (χ1v) is 4.58. The van der Waals surface area contributed by atoms with Crippen LogP contribution < -0.4 is 0 Å². The highest BCUT2D eigenvalue weighted by Crippen LogP contribution is 2.23. The quantitative estimate of drug-likeness (QED) is 0.575. The predicted octanol–water partition coefficient (Wildman–Crippen LogP) is 3.35. The summed E-state index contributed by atoms with van der Waals surface area (Å²) < 4.78 is 0. The zero-order chi connectivity index (χ0) is 9.78. The van der Waals surface area contributed by atoms with Gasteiger partial charge < -0.3 is 0 Å². The molecule has 0 aromatic heterocycles.